The Balaban J connectivity index is 1.88. The highest BCUT2D eigenvalue weighted by Gasteiger charge is 2.14. The van der Waals surface area contributed by atoms with Gasteiger partial charge in [0, 0.05) is 30.8 Å². The number of thiazole rings is 1. The Labute approximate surface area is 126 Å². The van der Waals surface area contributed by atoms with E-state index in [0.717, 1.165) is 16.2 Å². The van der Waals surface area contributed by atoms with E-state index in [1.54, 1.807) is 7.11 Å². The molecule has 6 heteroatoms. The van der Waals surface area contributed by atoms with Gasteiger partial charge in [0.15, 0.2) is 4.96 Å². The van der Waals surface area contributed by atoms with Crippen molar-refractivity contribution in [2.75, 3.05) is 20.3 Å². The molecule has 0 atom stereocenters. The number of imidazole rings is 1. The van der Waals surface area contributed by atoms with Crippen LogP contribution in [0, 0.1) is 0 Å². The van der Waals surface area contributed by atoms with E-state index < -0.39 is 0 Å². The summed E-state index contributed by atoms with van der Waals surface area (Å²) in [5.41, 5.74) is 2.51. The smallest absolute Gasteiger partial charge is 0.269 e. The molecule has 2 heterocycles. The Morgan fingerprint density at radius 2 is 2.19 bits per heavy atom. The van der Waals surface area contributed by atoms with E-state index in [2.05, 4.69) is 10.3 Å². The third-order valence-corrected chi connectivity index (χ3v) is 3.94. The number of rotatable bonds is 5. The van der Waals surface area contributed by atoms with Gasteiger partial charge in [-0.3, -0.25) is 9.20 Å². The summed E-state index contributed by atoms with van der Waals surface area (Å²) in [6.45, 7) is 0.991. The van der Waals surface area contributed by atoms with Crippen LogP contribution >= 0.6 is 11.3 Å². The van der Waals surface area contributed by atoms with Crippen molar-refractivity contribution in [3.05, 3.63) is 47.6 Å². The van der Waals surface area contributed by atoms with Gasteiger partial charge in [-0.05, 0) is 0 Å². The number of amides is 1. The molecule has 1 aromatic carbocycles. The van der Waals surface area contributed by atoms with Gasteiger partial charge < -0.3 is 10.1 Å². The zero-order valence-corrected chi connectivity index (χ0v) is 12.4. The van der Waals surface area contributed by atoms with Crippen LogP contribution in [-0.2, 0) is 4.74 Å². The number of aromatic nitrogens is 2. The minimum atomic E-state index is -0.115. The highest BCUT2D eigenvalue weighted by Crippen LogP contribution is 2.23. The average Bonchev–Trinajstić information content (AvgIpc) is 3.08. The van der Waals surface area contributed by atoms with Crippen LogP contribution in [0.15, 0.2) is 41.9 Å². The fourth-order valence-corrected chi connectivity index (χ4v) is 2.91. The van der Waals surface area contributed by atoms with Gasteiger partial charge in [-0.15, -0.1) is 11.3 Å². The topological polar surface area (TPSA) is 55.6 Å². The Bertz CT molecular complexity index is 749. The van der Waals surface area contributed by atoms with Crippen molar-refractivity contribution in [1.29, 1.82) is 0 Å². The molecule has 3 aromatic rings. The van der Waals surface area contributed by atoms with Gasteiger partial charge >= 0.3 is 0 Å². The Morgan fingerprint density at radius 3 is 2.95 bits per heavy atom. The fourth-order valence-electron chi connectivity index (χ4n) is 2.05. The third kappa shape index (κ3) is 2.81. The molecular weight excluding hydrogens is 286 g/mol. The largest absolute Gasteiger partial charge is 0.383 e. The van der Waals surface area contributed by atoms with Crippen molar-refractivity contribution in [3.8, 4) is 11.3 Å². The molecule has 0 aliphatic carbocycles. The number of carbonyl (C=O) groups is 1. The van der Waals surface area contributed by atoms with Crippen LogP contribution in [0.3, 0.4) is 0 Å². The maximum atomic E-state index is 12.1. The Morgan fingerprint density at radius 1 is 1.38 bits per heavy atom. The van der Waals surface area contributed by atoms with E-state index in [9.17, 15) is 4.79 Å². The molecule has 1 amide bonds. The monoisotopic (exact) mass is 301 g/mol. The van der Waals surface area contributed by atoms with Gasteiger partial charge in [-0.1, -0.05) is 30.3 Å². The first-order valence-electron chi connectivity index (χ1n) is 6.59. The van der Waals surface area contributed by atoms with E-state index >= 15 is 0 Å². The van der Waals surface area contributed by atoms with Crippen LogP contribution in [0.1, 0.15) is 10.5 Å². The lowest BCUT2D eigenvalue weighted by atomic mass is 10.2. The summed E-state index contributed by atoms with van der Waals surface area (Å²) >= 11 is 1.46. The van der Waals surface area contributed by atoms with Crippen LogP contribution in [0.4, 0.5) is 0 Å². The number of nitrogens with zero attached hydrogens (tertiary/aromatic N) is 2. The van der Waals surface area contributed by atoms with Crippen LogP contribution in [0.5, 0.6) is 0 Å². The summed E-state index contributed by atoms with van der Waals surface area (Å²) in [4.78, 5) is 17.5. The molecule has 21 heavy (non-hydrogen) atoms. The first-order chi connectivity index (χ1) is 10.3. The van der Waals surface area contributed by atoms with Crippen molar-refractivity contribution in [3.63, 3.8) is 0 Å². The molecule has 5 nitrogen and oxygen atoms in total. The van der Waals surface area contributed by atoms with Crippen molar-refractivity contribution in [2.24, 2.45) is 0 Å². The lowest BCUT2D eigenvalue weighted by Gasteiger charge is -2.02. The molecule has 108 valence electrons. The second kappa shape index (κ2) is 6.07. The first kappa shape index (κ1) is 13.8. The summed E-state index contributed by atoms with van der Waals surface area (Å²) in [7, 11) is 1.61. The van der Waals surface area contributed by atoms with E-state index in [1.165, 1.54) is 11.3 Å². The maximum absolute atomic E-state index is 12.1. The zero-order valence-electron chi connectivity index (χ0n) is 11.6. The minimum Gasteiger partial charge on any atom is -0.383 e. The zero-order chi connectivity index (χ0) is 14.7. The summed E-state index contributed by atoms with van der Waals surface area (Å²) in [5, 5.41) is 4.64. The molecule has 0 radical (unpaired) electrons. The van der Waals surface area contributed by atoms with E-state index in [4.69, 9.17) is 4.74 Å². The molecule has 0 saturated heterocycles. The van der Waals surface area contributed by atoms with Gasteiger partial charge in [0.25, 0.3) is 5.91 Å². The first-order valence-corrected chi connectivity index (χ1v) is 7.46. The molecule has 3 rings (SSSR count). The molecule has 0 spiro atoms. The van der Waals surface area contributed by atoms with Gasteiger partial charge in [-0.25, -0.2) is 4.98 Å². The maximum Gasteiger partial charge on any atom is 0.269 e. The lowest BCUT2D eigenvalue weighted by molar-refractivity contribution is 0.0931. The number of carbonyl (C=O) groups excluding carboxylic acids is 1. The molecule has 0 aliphatic heterocycles. The summed E-state index contributed by atoms with van der Waals surface area (Å²) in [6.07, 6.45) is 1.90. The van der Waals surface area contributed by atoms with Crippen LogP contribution < -0.4 is 5.32 Å². The van der Waals surface area contributed by atoms with Crippen LogP contribution in [0.2, 0.25) is 0 Å². The second-order valence-electron chi connectivity index (χ2n) is 4.51. The predicted molar refractivity (Wildman–Crippen MR) is 82.7 cm³/mol. The van der Waals surface area contributed by atoms with Crippen LogP contribution in [0.25, 0.3) is 16.2 Å². The van der Waals surface area contributed by atoms with Crippen LogP contribution in [-0.4, -0.2) is 35.6 Å². The SMILES string of the molecule is COCCNC(=O)c1csc2nc(-c3ccccc3)cn12. The fraction of sp³-hybridized carbons (Fsp3) is 0.200. The number of fused-ring (bicyclic) bond motifs is 1. The normalized spacial score (nSPS) is 10.9. The molecule has 0 saturated carbocycles. The number of hydrogen-bond donors (Lipinski definition) is 1. The molecule has 0 bridgehead atoms. The molecule has 0 unspecified atom stereocenters. The molecule has 2 aromatic heterocycles. The van der Waals surface area contributed by atoms with Crippen molar-refractivity contribution < 1.29 is 9.53 Å². The number of benzene rings is 1. The van der Waals surface area contributed by atoms with Crippen molar-refractivity contribution in [2.45, 2.75) is 0 Å². The number of ether oxygens (including phenoxy) is 1. The Kier molecular flexibility index (Phi) is 3.98. The third-order valence-electron chi connectivity index (χ3n) is 3.10. The number of nitrogens with one attached hydrogen (secondary N) is 1. The quantitative estimate of drug-likeness (QED) is 0.736. The van der Waals surface area contributed by atoms with Gasteiger partial charge in [0.2, 0.25) is 0 Å². The standard InChI is InChI=1S/C15H15N3O2S/c1-20-8-7-16-14(19)13-10-21-15-17-12(9-18(13)15)11-5-3-2-4-6-11/h2-6,9-10H,7-8H2,1H3,(H,16,19). The highest BCUT2D eigenvalue weighted by molar-refractivity contribution is 7.15. The Hall–Kier alpha value is -2.18. The van der Waals surface area contributed by atoms with Crippen molar-refractivity contribution in [1.82, 2.24) is 14.7 Å². The number of methoxy groups -OCH3 is 1. The van der Waals surface area contributed by atoms with Crippen molar-refractivity contribution >= 4 is 22.2 Å². The van der Waals surface area contributed by atoms with Gasteiger partial charge in [0.05, 0.1) is 12.3 Å². The number of hydrogen-bond acceptors (Lipinski definition) is 4. The van der Waals surface area contributed by atoms with E-state index in [-0.39, 0.29) is 5.91 Å². The van der Waals surface area contributed by atoms with E-state index in [0.29, 0.717) is 18.8 Å². The lowest BCUT2D eigenvalue weighted by Crippen LogP contribution is -2.27. The molecule has 0 fully saturated rings. The second-order valence-corrected chi connectivity index (χ2v) is 5.35. The summed E-state index contributed by atoms with van der Waals surface area (Å²) in [6, 6.07) is 9.93. The van der Waals surface area contributed by atoms with Gasteiger partial charge in [0.1, 0.15) is 5.69 Å². The predicted octanol–water partition coefficient (Wildman–Crippen LogP) is 2.44. The minimum absolute atomic E-state index is 0.115. The molecular formula is C15H15N3O2S. The molecule has 1 N–H and O–H groups in total. The highest BCUT2D eigenvalue weighted by atomic mass is 32.1. The van der Waals surface area contributed by atoms with Gasteiger partial charge in [-0.2, -0.15) is 0 Å². The average molecular weight is 301 g/mol. The van der Waals surface area contributed by atoms with E-state index in [1.807, 2.05) is 46.3 Å². The summed E-state index contributed by atoms with van der Waals surface area (Å²) < 4.78 is 6.76. The molecule has 0 aliphatic rings. The summed E-state index contributed by atoms with van der Waals surface area (Å²) in [5.74, 6) is -0.115.